The summed E-state index contributed by atoms with van der Waals surface area (Å²) in [5, 5.41) is 0.928. The Bertz CT molecular complexity index is 1460. The van der Waals surface area contributed by atoms with Crippen LogP contribution in [-0.4, -0.2) is 30.9 Å². The van der Waals surface area contributed by atoms with E-state index in [1.807, 2.05) is 26.8 Å². The molecule has 3 aromatic rings. The van der Waals surface area contributed by atoms with Gasteiger partial charge in [-0.25, -0.2) is 36.0 Å². The Hall–Kier alpha value is -3.87. The minimum absolute atomic E-state index is 0.00561. The van der Waals surface area contributed by atoms with Crippen LogP contribution in [0.3, 0.4) is 0 Å². The second-order valence-electron chi connectivity index (χ2n) is 8.57. The van der Waals surface area contributed by atoms with Crippen LogP contribution in [0.1, 0.15) is 38.3 Å². The van der Waals surface area contributed by atoms with Crippen LogP contribution in [0.15, 0.2) is 57.0 Å². The van der Waals surface area contributed by atoms with Gasteiger partial charge in [0.15, 0.2) is 0 Å². The Labute approximate surface area is 218 Å². The predicted molar refractivity (Wildman–Crippen MR) is 140 cm³/mol. The van der Waals surface area contributed by atoms with Gasteiger partial charge in [0, 0.05) is 18.0 Å². The lowest BCUT2D eigenvalue weighted by Crippen LogP contribution is -2.58. The summed E-state index contributed by atoms with van der Waals surface area (Å²) >= 11 is 6.00. The molecule has 0 aliphatic carbocycles. The molecule has 0 radical (unpaired) electrons. The lowest BCUT2D eigenvalue weighted by atomic mass is 10.1. The number of ether oxygens (including phenoxy) is 1. The molecule has 198 valence electrons. The fourth-order valence-electron chi connectivity index (χ4n) is 3.61. The van der Waals surface area contributed by atoms with E-state index in [4.69, 9.17) is 33.9 Å². The second kappa shape index (κ2) is 11.9. The highest BCUT2D eigenvalue weighted by Crippen LogP contribution is 2.25. The van der Waals surface area contributed by atoms with Gasteiger partial charge in [0.25, 0.3) is 5.91 Å². The molecule has 1 aromatic heterocycles. The number of hydrogen-bond acceptors (Lipinski definition) is 8. The van der Waals surface area contributed by atoms with E-state index in [1.54, 1.807) is 36.4 Å². The van der Waals surface area contributed by atoms with Gasteiger partial charge in [0.1, 0.15) is 5.75 Å². The average molecular weight is 531 g/mol. The standard InChI is InChI=1S/C24H31ClN8O4/c1-4-17-13-19(9-10-20(17)37-15(2)3)29-22-31(14-16-5-7-18(25)8-6-16)23(35)30(24(36)32(22)26)12-11-21(34)33(27)28/h5-10,13,15H,4,11-12,14,26-28H2,1-3H3. The predicted octanol–water partition coefficient (Wildman–Crippen LogP) is 0.775. The Balaban J connectivity index is 2.20. The highest BCUT2D eigenvalue weighted by Gasteiger charge is 2.16. The van der Waals surface area contributed by atoms with E-state index in [2.05, 4.69) is 4.99 Å². The number of carbonyl (C=O) groups is 1. The van der Waals surface area contributed by atoms with Gasteiger partial charge in [0.05, 0.1) is 18.3 Å². The van der Waals surface area contributed by atoms with Gasteiger partial charge in [0.2, 0.25) is 5.62 Å². The van der Waals surface area contributed by atoms with Crippen molar-refractivity contribution in [2.75, 3.05) is 5.84 Å². The number of benzene rings is 2. The van der Waals surface area contributed by atoms with Gasteiger partial charge in [-0.2, -0.15) is 4.68 Å². The molecule has 0 saturated carbocycles. The fraction of sp³-hybridized carbons (Fsp3) is 0.333. The van der Waals surface area contributed by atoms with Gasteiger partial charge in [-0.3, -0.25) is 9.36 Å². The Kier molecular flexibility index (Phi) is 8.92. The van der Waals surface area contributed by atoms with E-state index in [-0.39, 0.29) is 31.2 Å². The van der Waals surface area contributed by atoms with Crippen molar-refractivity contribution in [3.05, 3.63) is 85.2 Å². The lowest BCUT2D eigenvalue weighted by Gasteiger charge is -2.16. The van der Waals surface area contributed by atoms with Crippen molar-refractivity contribution in [1.82, 2.24) is 18.9 Å². The van der Waals surface area contributed by atoms with E-state index in [1.165, 1.54) is 4.57 Å². The number of nitrogens with two attached hydrogens (primary N) is 3. The minimum atomic E-state index is -0.847. The van der Waals surface area contributed by atoms with Crippen LogP contribution in [0.4, 0.5) is 5.69 Å². The molecule has 1 heterocycles. The molecular weight excluding hydrogens is 500 g/mol. The highest BCUT2D eigenvalue weighted by molar-refractivity contribution is 6.30. The largest absolute Gasteiger partial charge is 0.491 e. The number of rotatable bonds is 9. The molecule has 0 unspecified atom stereocenters. The number of carbonyl (C=O) groups excluding carboxylic acids is 1. The average Bonchev–Trinajstić information content (AvgIpc) is 2.86. The third-order valence-electron chi connectivity index (χ3n) is 5.46. The number of aryl methyl sites for hydroxylation is 1. The zero-order valence-electron chi connectivity index (χ0n) is 20.9. The van der Waals surface area contributed by atoms with Gasteiger partial charge in [-0.1, -0.05) is 30.7 Å². The van der Waals surface area contributed by atoms with E-state index in [0.717, 1.165) is 20.6 Å². The van der Waals surface area contributed by atoms with Crippen LogP contribution < -0.4 is 39.3 Å². The van der Waals surface area contributed by atoms with Crippen molar-refractivity contribution in [1.29, 1.82) is 0 Å². The molecule has 37 heavy (non-hydrogen) atoms. The van der Waals surface area contributed by atoms with E-state index in [0.29, 0.717) is 27.8 Å². The third kappa shape index (κ3) is 6.67. The van der Waals surface area contributed by atoms with E-state index in [9.17, 15) is 14.4 Å². The monoisotopic (exact) mass is 530 g/mol. The number of halogens is 1. The quantitative estimate of drug-likeness (QED) is 0.208. The summed E-state index contributed by atoms with van der Waals surface area (Å²) < 4.78 is 8.72. The molecule has 0 aliphatic heterocycles. The Morgan fingerprint density at radius 1 is 1.08 bits per heavy atom. The van der Waals surface area contributed by atoms with Gasteiger partial charge >= 0.3 is 11.4 Å². The first-order valence-corrected chi connectivity index (χ1v) is 12.0. The molecule has 3 rings (SSSR count). The molecule has 0 aliphatic rings. The fourth-order valence-corrected chi connectivity index (χ4v) is 3.73. The van der Waals surface area contributed by atoms with Crippen LogP contribution in [0.2, 0.25) is 5.02 Å². The number of nitrogen functional groups attached to an aromatic ring is 1. The topological polar surface area (TPSA) is 169 Å². The summed E-state index contributed by atoms with van der Waals surface area (Å²) in [4.78, 5) is 42.9. The maximum Gasteiger partial charge on any atom is 0.353 e. The molecule has 1 amide bonds. The van der Waals surface area contributed by atoms with Crippen molar-refractivity contribution < 1.29 is 9.53 Å². The zero-order chi connectivity index (χ0) is 27.3. The second-order valence-corrected chi connectivity index (χ2v) is 9.01. The van der Waals surface area contributed by atoms with Crippen molar-refractivity contribution in [2.45, 2.75) is 52.8 Å². The summed E-state index contributed by atoms with van der Waals surface area (Å²) in [6.45, 7) is 5.62. The molecule has 0 spiro atoms. The summed E-state index contributed by atoms with van der Waals surface area (Å²) in [6.07, 6.45) is 0.394. The molecular formula is C24H31ClN8O4. The van der Waals surface area contributed by atoms with E-state index < -0.39 is 17.3 Å². The highest BCUT2D eigenvalue weighted by atomic mass is 35.5. The Morgan fingerprint density at radius 3 is 2.35 bits per heavy atom. The van der Waals surface area contributed by atoms with Crippen LogP contribution in [-0.2, 0) is 24.3 Å². The summed E-state index contributed by atoms with van der Waals surface area (Å²) in [7, 11) is 0. The van der Waals surface area contributed by atoms with Crippen molar-refractivity contribution in [2.24, 2.45) is 16.7 Å². The van der Waals surface area contributed by atoms with E-state index >= 15 is 0 Å². The van der Waals surface area contributed by atoms with Crippen LogP contribution in [0.5, 0.6) is 5.75 Å². The minimum Gasteiger partial charge on any atom is -0.491 e. The summed E-state index contributed by atoms with van der Waals surface area (Å²) in [5.74, 6) is 16.7. The smallest absolute Gasteiger partial charge is 0.353 e. The lowest BCUT2D eigenvalue weighted by molar-refractivity contribution is -0.132. The Morgan fingerprint density at radius 2 is 1.76 bits per heavy atom. The van der Waals surface area contributed by atoms with Gasteiger partial charge in [-0.15, -0.1) is 0 Å². The molecule has 2 aromatic carbocycles. The molecule has 12 nitrogen and oxygen atoms in total. The number of aromatic nitrogens is 3. The number of hydrogen-bond donors (Lipinski definition) is 3. The summed E-state index contributed by atoms with van der Waals surface area (Å²) in [5.41, 5.74) is 0.473. The normalized spacial score (nSPS) is 11.7. The summed E-state index contributed by atoms with van der Waals surface area (Å²) in [6, 6.07) is 12.2. The molecule has 0 fully saturated rings. The number of hydrazine groups is 2. The number of nitrogens with zero attached hydrogens (tertiary/aromatic N) is 5. The van der Waals surface area contributed by atoms with Gasteiger partial charge < -0.3 is 10.6 Å². The maximum atomic E-state index is 13.5. The van der Waals surface area contributed by atoms with Gasteiger partial charge in [-0.05, 0) is 61.7 Å². The molecule has 0 atom stereocenters. The van der Waals surface area contributed by atoms with Crippen LogP contribution >= 0.6 is 11.6 Å². The number of amides is 1. The molecule has 0 bridgehead atoms. The zero-order valence-corrected chi connectivity index (χ0v) is 21.7. The van der Waals surface area contributed by atoms with Crippen molar-refractivity contribution >= 4 is 23.2 Å². The first-order valence-electron chi connectivity index (χ1n) is 11.6. The third-order valence-corrected chi connectivity index (χ3v) is 5.72. The molecule has 6 N–H and O–H groups in total. The first-order chi connectivity index (χ1) is 17.5. The molecule has 13 heteroatoms. The maximum absolute atomic E-state index is 13.5. The first kappa shape index (κ1) is 27.7. The van der Waals surface area contributed by atoms with Crippen LogP contribution in [0, 0.1) is 0 Å². The van der Waals surface area contributed by atoms with Crippen LogP contribution in [0.25, 0.3) is 0 Å². The van der Waals surface area contributed by atoms with Crippen molar-refractivity contribution in [3.8, 4) is 5.75 Å². The molecule has 0 saturated heterocycles. The van der Waals surface area contributed by atoms with Crippen molar-refractivity contribution in [3.63, 3.8) is 0 Å². The SMILES string of the molecule is CCc1cc(N=c2n(N)c(=O)n(CCC(=O)N(N)N)c(=O)n2Cc2ccc(Cl)cc2)ccc1OC(C)C.